The summed E-state index contributed by atoms with van der Waals surface area (Å²) in [6.45, 7) is -0.390. The highest BCUT2D eigenvalue weighted by Gasteiger charge is 2.29. The second-order valence-corrected chi connectivity index (χ2v) is 8.85. The van der Waals surface area contributed by atoms with Gasteiger partial charge in [0, 0.05) is 12.1 Å². The predicted molar refractivity (Wildman–Crippen MR) is 103 cm³/mol. The molecule has 1 heterocycles. The molecule has 1 atom stereocenters. The molecule has 0 bridgehead atoms. The summed E-state index contributed by atoms with van der Waals surface area (Å²) in [5.41, 5.74) is 2.72. The van der Waals surface area contributed by atoms with Crippen LogP contribution in [0.5, 0.6) is 0 Å². The van der Waals surface area contributed by atoms with Crippen molar-refractivity contribution in [3.8, 4) is 11.1 Å². The third kappa shape index (κ3) is 5.65. The summed E-state index contributed by atoms with van der Waals surface area (Å²) < 4.78 is 27.7. The number of benzene rings is 2. The van der Waals surface area contributed by atoms with Gasteiger partial charge in [0.15, 0.2) is 16.4 Å². The lowest BCUT2D eigenvalue weighted by atomic mass is 10.1. The molecule has 6 nitrogen and oxygen atoms in total. The largest absolute Gasteiger partial charge is 0.456 e. The maximum absolute atomic E-state index is 11.9. The maximum Gasteiger partial charge on any atom is 0.306 e. The van der Waals surface area contributed by atoms with Gasteiger partial charge in [0.05, 0.1) is 11.5 Å². The highest BCUT2D eigenvalue weighted by Crippen LogP contribution is 2.22. The molecule has 0 radical (unpaired) electrons. The van der Waals surface area contributed by atoms with Crippen LogP contribution < -0.4 is 5.32 Å². The van der Waals surface area contributed by atoms with Gasteiger partial charge in [0.25, 0.3) is 5.91 Å². The first-order valence-electron chi connectivity index (χ1n) is 8.73. The fourth-order valence-corrected chi connectivity index (χ4v) is 4.91. The Kier molecular flexibility index (Phi) is 5.91. The van der Waals surface area contributed by atoms with E-state index >= 15 is 0 Å². The van der Waals surface area contributed by atoms with E-state index in [2.05, 4.69) is 5.32 Å². The number of nitrogens with one attached hydrogen (secondary N) is 1. The molecule has 27 heavy (non-hydrogen) atoms. The Labute approximate surface area is 158 Å². The van der Waals surface area contributed by atoms with Crippen LogP contribution in [-0.2, 0) is 24.2 Å². The Morgan fingerprint density at radius 2 is 1.67 bits per heavy atom. The maximum atomic E-state index is 11.9. The number of carbonyl (C=O) groups is 2. The van der Waals surface area contributed by atoms with E-state index < -0.39 is 28.3 Å². The zero-order valence-corrected chi connectivity index (χ0v) is 15.6. The van der Waals surface area contributed by atoms with E-state index in [-0.39, 0.29) is 23.8 Å². The number of anilines is 1. The smallest absolute Gasteiger partial charge is 0.306 e. The van der Waals surface area contributed by atoms with Gasteiger partial charge in [-0.05, 0) is 35.6 Å². The van der Waals surface area contributed by atoms with Crippen molar-refractivity contribution in [1.82, 2.24) is 0 Å². The minimum Gasteiger partial charge on any atom is -0.456 e. The van der Waals surface area contributed by atoms with E-state index in [0.29, 0.717) is 12.1 Å². The quantitative estimate of drug-likeness (QED) is 0.770. The van der Waals surface area contributed by atoms with Gasteiger partial charge in [-0.1, -0.05) is 42.5 Å². The first kappa shape index (κ1) is 19.1. The second-order valence-electron chi connectivity index (χ2n) is 6.63. The monoisotopic (exact) mass is 387 g/mol. The Morgan fingerprint density at radius 3 is 2.30 bits per heavy atom. The number of amides is 1. The Morgan fingerprint density at radius 1 is 1.00 bits per heavy atom. The van der Waals surface area contributed by atoms with Crippen molar-refractivity contribution in [2.75, 3.05) is 23.4 Å². The summed E-state index contributed by atoms with van der Waals surface area (Å²) in [6, 6.07) is 17.2. The molecule has 1 fully saturated rings. The average Bonchev–Trinajstić information content (AvgIpc) is 3.00. The van der Waals surface area contributed by atoms with Crippen molar-refractivity contribution in [2.45, 2.75) is 12.8 Å². The zero-order chi connectivity index (χ0) is 19.3. The first-order chi connectivity index (χ1) is 12.9. The molecule has 1 aliphatic rings. The standard InChI is InChI=1S/C20H21NO5S/c22-19(13-26-20(23)12-15-10-11-27(24,25)14-15)21-18-8-6-17(7-9-18)16-4-2-1-3-5-16/h1-9,15H,10-14H2,(H,21,22). The summed E-state index contributed by atoms with van der Waals surface area (Å²) >= 11 is 0. The number of esters is 1. The van der Waals surface area contributed by atoms with Crippen molar-refractivity contribution >= 4 is 27.4 Å². The topological polar surface area (TPSA) is 89.5 Å². The number of hydrogen-bond acceptors (Lipinski definition) is 5. The summed E-state index contributed by atoms with van der Waals surface area (Å²) in [7, 11) is -3.02. The Balaban J connectivity index is 1.44. The number of carbonyl (C=O) groups excluding carboxylic acids is 2. The van der Waals surface area contributed by atoms with E-state index in [9.17, 15) is 18.0 Å². The Bertz CT molecular complexity index is 907. The summed E-state index contributed by atoms with van der Waals surface area (Å²) in [5.74, 6) is -1.07. The van der Waals surface area contributed by atoms with Gasteiger partial charge in [0.1, 0.15) is 0 Å². The molecule has 1 amide bonds. The molecule has 0 aromatic heterocycles. The third-order valence-electron chi connectivity index (χ3n) is 4.42. The summed E-state index contributed by atoms with van der Waals surface area (Å²) in [6.07, 6.45) is 0.496. The van der Waals surface area contributed by atoms with E-state index in [1.807, 2.05) is 42.5 Å². The molecular weight excluding hydrogens is 366 g/mol. The average molecular weight is 387 g/mol. The molecule has 0 aliphatic carbocycles. The van der Waals surface area contributed by atoms with Gasteiger partial charge in [-0.2, -0.15) is 0 Å². The normalized spacial score (nSPS) is 18.0. The number of hydrogen-bond donors (Lipinski definition) is 1. The molecule has 1 unspecified atom stereocenters. The minimum atomic E-state index is -3.02. The third-order valence-corrected chi connectivity index (χ3v) is 6.26. The number of rotatable bonds is 6. The van der Waals surface area contributed by atoms with Crippen LogP contribution in [0.2, 0.25) is 0 Å². The Hall–Kier alpha value is -2.67. The van der Waals surface area contributed by atoms with Crippen LogP contribution in [0.25, 0.3) is 11.1 Å². The SMILES string of the molecule is O=C(COC(=O)CC1CCS(=O)(=O)C1)Nc1ccc(-c2ccccc2)cc1. The van der Waals surface area contributed by atoms with Crippen LogP contribution in [0.3, 0.4) is 0 Å². The first-order valence-corrected chi connectivity index (χ1v) is 10.5. The molecular formula is C20H21NO5S. The molecule has 0 spiro atoms. The zero-order valence-electron chi connectivity index (χ0n) is 14.8. The van der Waals surface area contributed by atoms with Gasteiger partial charge >= 0.3 is 5.97 Å². The van der Waals surface area contributed by atoms with Crippen molar-refractivity contribution in [3.05, 3.63) is 54.6 Å². The van der Waals surface area contributed by atoms with E-state index in [4.69, 9.17) is 4.74 Å². The molecule has 7 heteroatoms. The molecule has 2 aromatic carbocycles. The van der Waals surface area contributed by atoms with Crippen molar-refractivity contribution < 1.29 is 22.7 Å². The van der Waals surface area contributed by atoms with Gasteiger partial charge in [-0.25, -0.2) is 8.42 Å². The second kappa shape index (κ2) is 8.35. The van der Waals surface area contributed by atoms with Crippen LogP contribution in [0, 0.1) is 5.92 Å². The molecule has 3 rings (SSSR count). The predicted octanol–water partition coefficient (Wildman–Crippen LogP) is 2.66. The molecule has 1 aliphatic heterocycles. The van der Waals surface area contributed by atoms with E-state index in [1.54, 1.807) is 12.1 Å². The van der Waals surface area contributed by atoms with Crippen molar-refractivity contribution in [1.29, 1.82) is 0 Å². The van der Waals surface area contributed by atoms with E-state index in [1.165, 1.54) is 0 Å². The molecule has 1 N–H and O–H groups in total. The minimum absolute atomic E-state index is 0.0159. The molecule has 142 valence electrons. The lowest BCUT2D eigenvalue weighted by Gasteiger charge is -2.09. The lowest BCUT2D eigenvalue weighted by Crippen LogP contribution is -2.22. The van der Waals surface area contributed by atoms with Gasteiger partial charge in [-0.3, -0.25) is 9.59 Å². The molecule has 0 saturated carbocycles. The fourth-order valence-electron chi connectivity index (χ4n) is 3.05. The molecule has 1 saturated heterocycles. The molecule has 2 aromatic rings. The van der Waals surface area contributed by atoms with Crippen LogP contribution in [-0.4, -0.2) is 38.4 Å². The van der Waals surface area contributed by atoms with Crippen LogP contribution >= 0.6 is 0 Å². The number of ether oxygens (including phenoxy) is 1. The van der Waals surface area contributed by atoms with Crippen molar-refractivity contribution in [2.24, 2.45) is 5.92 Å². The highest BCUT2D eigenvalue weighted by molar-refractivity contribution is 7.91. The highest BCUT2D eigenvalue weighted by atomic mass is 32.2. The van der Waals surface area contributed by atoms with Gasteiger partial charge < -0.3 is 10.1 Å². The van der Waals surface area contributed by atoms with Crippen LogP contribution in [0.15, 0.2) is 54.6 Å². The lowest BCUT2D eigenvalue weighted by molar-refractivity contribution is -0.148. The van der Waals surface area contributed by atoms with E-state index in [0.717, 1.165) is 11.1 Å². The van der Waals surface area contributed by atoms with Gasteiger partial charge in [0.2, 0.25) is 0 Å². The van der Waals surface area contributed by atoms with Gasteiger partial charge in [-0.15, -0.1) is 0 Å². The van der Waals surface area contributed by atoms with Crippen molar-refractivity contribution in [3.63, 3.8) is 0 Å². The summed E-state index contributed by atoms with van der Waals surface area (Å²) in [4.78, 5) is 23.7. The fraction of sp³-hybridized carbons (Fsp3) is 0.300. The van der Waals surface area contributed by atoms with Crippen LogP contribution in [0.4, 0.5) is 5.69 Å². The van der Waals surface area contributed by atoms with Crippen LogP contribution in [0.1, 0.15) is 12.8 Å². The number of sulfone groups is 1. The summed E-state index contributed by atoms with van der Waals surface area (Å²) in [5, 5.41) is 2.67.